The van der Waals surface area contributed by atoms with Gasteiger partial charge < -0.3 is 10.8 Å². The van der Waals surface area contributed by atoms with Gasteiger partial charge in [0.1, 0.15) is 6.04 Å². The summed E-state index contributed by atoms with van der Waals surface area (Å²) in [5.41, 5.74) is 5.19. The molecule has 1 radical (unpaired) electrons. The summed E-state index contributed by atoms with van der Waals surface area (Å²) in [6.07, 6.45) is 2.48. The van der Waals surface area contributed by atoms with Crippen molar-refractivity contribution in [3.63, 3.8) is 0 Å². The average molecular weight is 346 g/mol. The maximum atomic E-state index is 10.1. The maximum Gasteiger partial charge on any atom is 0.320 e. The zero-order valence-electron chi connectivity index (χ0n) is 5.63. The smallest absolute Gasteiger partial charge is 0.320 e. The fourth-order valence-electron chi connectivity index (χ4n) is 0.368. The van der Waals surface area contributed by atoms with Gasteiger partial charge in [0.15, 0.2) is 0 Å². The van der Waals surface area contributed by atoms with Crippen LogP contribution in [0.2, 0.25) is 0 Å². The van der Waals surface area contributed by atoms with E-state index in [0.717, 1.165) is 5.75 Å². The van der Waals surface area contributed by atoms with Crippen molar-refractivity contribution in [2.45, 2.75) is 12.5 Å². The van der Waals surface area contributed by atoms with Crippen LogP contribution < -0.4 is 5.73 Å². The first kappa shape index (κ1) is 13.1. The summed E-state index contributed by atoms with van der Waals surface area (Å²) in [6.45, 7) is 0. The van der Waals surface area contributed by atoms with Crippen molar-refractivity contribution in [1.29, 1.82) is 0 Å². The third-order valence-corrected chi connectivity index (χ3v) is 1.59. The fraction of sp³-hybridized carbons (Fsp3) is 0.800. The summed E-state index contributed by atoms with van der Waals surface area (Å²) in [6, 6.07) is -0.683. The molecule has 10 heavy (non-hydrogen) atoms. The van der Waals surface area contributed by atoms with Gasteiger partial charge in [-0.05, 0) is 18.4 Å². The number of hydrogen-bond donors (Lipinski definition) is 2. The molecule has 0 amide bonds. The fourth-order valence-corrected chi connectivity index (χ4v) is 0.858. The minimum Gasteiger partial charge on any atom is -0.480 e. The minimum atomic E-state index is -0.913. The number of nitrogens with two attached hydrogens (primary N) is 1. The normalized spacial score (nSPS) is 11.8. The molecule has 0 aromatic carbocycles. The molecule has 0 spiro atoms. The predicted molar refractivity (Wildman–Crippen MR) is 38.6 cm³/mol. The van der Waals surface area contributed by atoms with Crippen molar-refractivity contribution >= 4 is 17.7 Å². The van der Waals surface area contributed by atoms with E-state index in [4.69, 9.17) is 10.8 Å². The van der Waals surface area contributed by atoms with Gasteiger partial charge in [0.05, 0.1) is 0 Å². The molecule has 0 bridgehead atoms. The Morgan fingerprint density at radius 2 is 2.30 bits per heavy atom. The number of aliphatic carboxylic acids is 1. The monoisotopic (exact) mass is 346 g/mol. The third-order valence-electron chi connectivity index (χ3n) is 0.950. The van der Waals surface area contributed by atoms with Crippen LogP contribution in [0.25, 0.3) is 0 Å². The van der Waals surface area contributed by atoms with Gasteiger partial charge in [-0.25, -0.2) is 0 Å². The van der Waals surface area contributed by atoms with Crippen molar-refractivity contribution in [2.75, 3.05) is 12.0 Å². The average Bonchev–Trinajstić information content (AvgIpc) is 1.82. The van der Waals surface area contributed by atoms with E-state index < -0.39 is 12.0 Å². The molecule has 0 rings (SSSR count). The molecule has 0 saturated carbocycles. The molecule has 0 aliphatic rings. The standard InChI is InChI=1S/C5H11NO2S.Au/c1-9-3-2-4(6)5(7)8;/h4H,2-3,6H2,1H3,(H,7,8);. The van der Waals surface area contributed by atoms with Crippen molar-refractivity contribution in [3.05, 3.63) is 0 Å². The molecule has 0 aliphatic heterocycles. The Kier molecular flexibility index (Phi) is 10.0. The molecule has 0 aromatic rings. The first-order valence-electron chi connectivity index (χ1n) is 2.65. The molecule has 3 N–H and O–H groups in total. The van der Waals surface area contributed by atoms with Crippen LogP contribution in [0.4, 0.5) is 0 Å². The van der Waals surface area contributed by atoms with Crippen molar-refractivity contribution in [2.24, 2.45) is 5.73 Å². The summed E-state index contributed by atoms with van der Waals surface area (Å²) in [7, 11) is 0. The molecule has 65 valence electrons. The van der Waals surface area contributed by atoms with Gasteiger partial charge in [0.2, 0.25) is 0 Å². The topological polar surface area (TPSA) is 63.3 Å². The maximum absolute atomic E-state index is 10.1. The van der Waals surface area contributed by atoms with E-state index >= 15 is 0 Å². The molecule has 0 heterocycles. The van der Waals surface area contributed by atoms with E-state index in [2.05, 4.69) is 0 Å². The zero-order chi connectivity index (χ0) is 7.28. The van der Waals surface area contributed by atoms with Crippen molar-refractivity contribution < 1.29 is 32.3 Å². The second kappa shape index (κ2) is 7.63. The summed E-state index contributed by atoms with van der Waals surface area (Å²) in [4.78, 5) is 10.1. The molecule has 0 aromatic heterocycles. The Balaban J connectivity index is 0. The molecule has 0 saturated heterocycles. The Morgan fingerprint density at radius 3 is 2.60 bits per heavy atom. The number of hydrogen-bond acceptors (Lipinski definition) is 3. The van der Waals surface area contributed by atoms with E-state index in [9.17, 15) is 4.79 Å². The number of rotatable bonds is 4. The second-order valence-corrected chi connectivity index (χ2v) is 2.71. The number of thioether (sulfide) groups is 1. The largest absolute Gasteiger partial charge is 0.480 e. The quantitative estimate of drug-likeness (QED) is 0.712. The molecule has 0 fully saturated rings. The minimum absolute atomic E-state index is 0. The van der Waals surface area contributed by atoms with Gasteiger partial charge in [-0.1, -0.05) is 0 Å². The van der Waals surface area contributed by atoms with E-state index in [-0.39, 0.29) is 22.4 Å². The predicted octanol–water partition coefficient (Wildman–Crippen LogP) is 0.149. The van der Waals surface area contributed by atoms with Crippen LogP contribution >= 0.6 is 11.8 Å². The van der Waals surface area contributed by atoms with Gasteiger partial charge >= 0.3 is 5.97 Å². The van der Waals surface area contributed by atoms with Gasteiger partial charge in [-0.3, -0.25) is 4.79 Å². The number of carboxylic acids is 1. The summed E-state index contributed by atoms with van der Waals surface area (Å²) < 4.78 is 0. The van der Waals surface area contributed by atoms with Gasteiger partial charge in [0.25, 0.3) is 0 Å². The first-order valence-corrected chi connectivity index (χ1v) is 4.05. The summed E-state index contributed by atoms with van der Waals surface area (Å²) in [5, 5.41) is 8.27. The first-order chi connectivity index (χ1) is 4.18. The zero-order valence-corrected chi connectivity index (χ0v) is 8.62. The molecule has 1 unspecified atom stereocenters. The molecular weight excluding hydrogens is 335 g/mol. The van der Waals surface area contributed by atoms with E-state index in [1.165, 1.54) is 0 Å². The molecule has 1 atom stereocenters. The number of carbonyl (C=O) groups is 1. The van der Waals surface area contributed by atoms with E-state index in [1.54, 1.807) is 11.8 Å². The number of carboxylic acid groups (broad SMARTS) is 1. The van der Waals surface area contributed by atoms with Gasteiger partial charge in [0, 0.05) is 22.4 Å². The van der Waals surface area contributed by atoms with Crippen LogP contribution in [0, 0.1) is 0 Å². The van der Waals surface area contributed by atoms with E-state index in [0.29, 0.717) is 6.42 Å². The second-order valence-electron chi connectivity index (χ2n) is 1.73. The van der Waals surface area contributed by atoms with Crippen LogP contribution in [-0.4, -0.2) is 29.1 Å². The third kappa shape index (κ3) is 6.64. The Bertz CT molecular complexity index is 102. The van der Waals surface area contributed by atoms with Gasteiger partial charge in [-0.2, -0.15) is 11.8 Å². The van der Waals surface area contributed by atoms with E-state index in [1.807, 2.05) is 6.26 Å². The van der Waals surface area contributed by atoms with Crippen LogP contribution in [0.5, 0.6) is 0 Å². The van der Waals surface area contributed by atoms with Crippen LogP contribution in [-0.2, 0) is 27.2 Å². The van der Waals surface area contributed by atoms with Crippen LogP contribution in [0.1, 0.15) is 6.42 Å². The Morgan fingerprint density at radius 1 is 1.80 bits per heavy atom. The van der Waals surface area contributed by atoms with Crippen molar-refractivity contribution in [3.8, 4) is 0 Å². The van der Waals surface area contributed by atoms with Gasteiger partial charge in [-0.15, -0.1) is 0 Å². The molecule has 5 heteroatoms. The molecule has 0 aliphatic carbocycles. The van der Waals surface area contributed by atoms with Crippen LogP contribution in [0.3, 0.4) is 0 Å². The molecular formula is C5H11AuNO2S. The van der Waals surface area contributed by atoms with Crippen molar-refractivity contribution in [1.82, 2.24) is 0 Å². The SMILES string of the molecule is CSCCC(N)C(=O)O.[Au]. The Labute approximate surface area is 80.3 Å². The molecule has 3 nitrogen and oxygen atoms in total. The Hall–Kier alpha value is 0.520. The summed E-state index contributed by atoms with van der Waals surface area (Å²) in [5.74, 6) is -0.1000. The summed E-state index contributed by atoms with van der Waals surface area (Å²) >= 11 is 1.60. The van der Waals surface area contributed by atoms with Crippen LogP contribution in [0.15, 0.2) is 0 Å².